The minimum absolute atomic E-state index is 0.526. The van der Waals surface area contributed by atoms with Crippen LogP contribution in [0.25, 0.3) is 10.9 Å². The van der Waals surface area contributed by atoms with E-state index in [0.717, 1.165) is 39.7 Å². The molecular weight excluding hydrogens is 359 g/mol. The van der Waals surface area contributed by atoms with Crippen LogP contribution < -0.4 is 5.32 Å². The van der Waals surface area contributed by atoms with Gasteiger partial charge in [-0.15, -0.1) is 0 Å². The molecule has 1 aromatic heterocycles. The lowest BCUT2D eigenvalue weighted by Crippen LogP contribution is -2.03. The molecule has 0 radical (unpaired) electrons. The summed E-state index contributed by atoms with van der Waals surface area (Å²) in [5.74, 6) is 0.583. The maximum atomic E-state index is 6.38. The Kier molecular flexibility index (Phi) is 4.11. The highest BCUT2D eigenvalue weighted by Crippen LogP contribution is 2.44. The van der Waals surface area contributed by atoms with Crippen LogP contribution >= 0.6 is 39.1 Å². The van der Waals surface area contributed by atoms with Gasteiger partial charge in [0.2, 0.25) is 0 Å². The third-order valence-electron chi connectivity index (χ3n) is 3.52. The molecule has 0 atom stereocenters. The Balaban J connectivity index is 2.22. The predicted octanol–water partition coefficient (Wildman–Crippen LogP) is 6.00. The van der Waals surface area contributed by atoms with Gasteiger partial charge in [-0.2, -0.15) is 0 Å². The van der Waals surface area contributed by atoms with Crippen LogP contribution in [0.1, 0.15) is 37.8 Å². The van der Waals surface area contributed by atoms with E-state index in [1.54, 1.807) is 0 Å². The second-order valence-corrected chi connectivity index (χ2v) is 6.79. The summed E-state index contributed by atoms with van der Waals surface area (Å²) in [5, 5.41) is 5.54. The molecule has 1 aliphatic rings. The van der Waals surface area contributed by atoms with Crippen molar-refractivity contribution in [2.45, 2.75) is 32.1 Å². The van der Waals surface area contributed by atoms with E-state index >= 15 is 0 Å². The van der Waals surface area contributed by atoms with Crippen LogP contribution in [-0.4, -0.2) is 11.5 Å². The maximum absolute atomic E-state index is 6.38. The Hall–Kier alpha value is -0.510. The smallest absolute Gasteiger partial charge is 0.0928 e. The van der Waals surface area contributed by atoms with E-state index in [1.807, 2.05) is 6.07 Å². The Morgan fingerprint density at radius 1 is 1.30 bits per heavy atom. The first-order valence-electron chi connectivity index (χ1n) is 6.83. The number of rotatable bonds is 4. The van der Waals surface area contributed by atoms with Gasteiger partial charge in [0.25, 0.3) is 0 Å². The van der Waals surface area contributed by atoms with Crippen molar-refractivity contribution in [1.82, 2.24) is 4.98 Å². The summed E-state index contributed by atoms with van der Waals surface area (Å²) in [6.07, 6.45) is 3.51. The van der Waals surface area contributed by atoms with Gasteiger partial charge in [-0.1, -0.05) is 30.1 Å². The van der Waals surface area contributed by atoms with Gasteiger partial charge in [-0.05, 0) is 47.3 Å². The molecule has 2 aromatic rings. The van der Waals surface area contributed by atoms with Gasteiger partial charge >= 0.3 is 0 Å². The first kappa shape index (κ1) is 14.4. The zero-order chi connectivity index (χ0) is 14.3. The van der Waals surface area contributed by atoms with E-state index in [-0.39, 0.29) is 0 Å². The lowest BCUT2D eigenvalue weighted by molar-refractivity contribution is 0.976. The molecule has 0 aliphatic heterocycles. The highest BCUT2D eigenvalue weighted by molar-refractivity contribution is 9.10. The topological polar surface area (TPSA) is 24.9 Å². The molecule has 1 heterocycles. The van der Waals surface area contributed by atoms with Crippen molar-refractivity contribution in [2.24, 2.45) is 0 Å². The monoisotopic (exact) mass is 372 g/mol. The number of hydrogen-bond acceptors (Lipinski definition) is 2. The standard InChI is InChI=1S/C15H15BrCl2N2/c1-2-5-19-12-7-11(8-3-4-8)20-15-9(12)6-10(16)13(17)14(15)18/h6-8H,2-5H2,1H3,(H,19,20). The molecule has 2 nitrogen and oxygen atoms in total. The molecule has 0 unspecified atom stereocenters. The minimum atomic E-state index is 0.526. The summed E-state index contributed by atoms with van der Waals surface area (Å²) >= 11 is 16.1. The maximum Gasteiger partial charge on any atom is 0.0928 e. The average Bonchev–Trinajstić information content (AvgIpc) is 3.27. The van der Waals surface area contributed by atoms with Crippen molar-refractivity contribution in [3.8, 4) is 0 Å². The number of fused-ring (bicyclic) bond motifs is 1. The summed E-state index contributed by atoms with van der Waals surface area (Å²) in [6, 6.07) is 4.15. The fourth-order valence-corrected chi connectivity index (χ4v) is 3.21. The number of halogens is 3. The summed E-state index contributed by atoms with van der Waals surface area (Å²) in [5.41, 5.74) is 3.01. The molecule has 1 aromatic carbocycles. The molecule has 5 heteroatoms. The highest BCUT2D eigenvalue weighted by Gasteiger charge is 2.26. The number of nitrogens with one attached hydrogen (secondary N) is 1. The minimum Gasteiger partial charge on any atom is -0.384 e. The van der Waals surface area contributed by atoms with Crippen LogP contribution in [0, 0.1) is 0 Å². The molecule has 1 N–H and O–H groups in total. The molecular formula is C15H15BrCl2N2. The summed E-state index contributed by atoms with van der Waals surface area (Å²) in [6.45, 7) is 3.08. The summed E-state index contributed by atoms with van der Waals surface area (Å²) < 4.78 is 0.803. The molecule has 0 bridgehead atoms. The zero-order valence-electron chi connectivity index (χ0n) is 11.1. The van der Waals surface area contributed by atoms with Crippen LogP contribution in [0.2, 0.25) is 10.0 Å². The lowest BCUT2D eigenvalue weighted by atomic mass is 10.1. The molecule has 1 aliphatic carbocycles. The van der Waals surface area contributed by atoms with Gasteiger partial charge in [0.15, 0.2) is 0 Å². The van der Waals surface area contributed by atoms with Crippen molar-refractivity contribution in [2.75, 3.05) is 11.9 Å². The molecule has 106 valence electrons. The predicted molar refractivity (Wildman–Crippen MR) is 90.2 cm³/mol. The number of nitrogens with zero attached hydrogens (tertiary/aromatic N) is 1. The molecule has 0 spiro atoms. The van der Waals surface area contributed by atoms with E-state index < -0.39 is 0 Å². The fourth-order valence-electron chi connectivity index (χ4n) is 2.28. The van der Waals surface area contributed by atoms with E-state index in [4.69, 9.17) is 28.2 Å². The van der Waals surface area contributed by atoms with Gasteiger partial charge < -0.3 is 5.32 Å². The van der Waals surface area contributed by atoms with Crippen LogP contribution in [0.4, 0.5) is 5.69 Å². The Morgan fingerprint density at radius 2 is 2.05 bits per heavy atom. The highest BCUT2D eigenvalue weighted by atomic mass is 79.9. The third kappa shape index (κ3) is 2.63. The number of anilines is 1. The van der Waals surface area contributed by atoms with E-state index in [1.165, 1.54) is 12.8 Å². The first-order chi connectivity index (χ1) is 9.61. The van der Waals surface area contributed by atoms with Crippen LogP contribution in [-0.2, 0) is 0 Å². The summed E-state index contributed by atoms with van der Waals surface area (Å²) in [7, 11) is 0. The van der Waals surface area contributed by atoms with Crippen molar-refractivity contribution in [3.05, 3.63) is 32.3 Å². The fraction of sp³-hybridized carbons (Fsp3) is 0.400. The zero-order valence-corrected chi connectivity index (χ0v) is 14.2. The molecule has 3 rings (SSSR count). The van der Waals surface area contributed by atoms with E-state index in [2.05, 4.69) is 34.2 Å². The normalized spacial score (nSPS) is 14.8. The van der Waals surface area contributed by atoms with Crippen LogP contribution in [0.3, 0.4) is 0 Å². The van der Waals surface area contributed by atoms with E-state index in [9.17, 15) is 0 Å². The van der Waals surface area contributed by atoms with Crippen molar-refractivity contribution < 1.29 is 0 Å². The molecule has 0 saturated heterocycles. The Morgan fingerprint density at radius 3 is 2.70 bits per heavy atom. The molecule has 20 heavy (non-hydrogen) atoms. The Labute approximate surface area is 137 Å². The largest absolute Gasteiger partial charge is 0.384 e. The van der Waals surface area contributed by atoms with Gasteiger partial charge in [-0.25, -0.2) is 0 Å². The lowest BCUT2D eigenvalue weighted by Gasteiger charge is -2.13. The van der Waals surface area contributed by atoms with Crippen molar-refractivity contribution >= 4 is 55.7 Å². The van der Waals surface area contributed by atoms with Crippen molar-refractivity contribution in [3.63, 3.8) is 0 Å². The van der Waals surface area contributed by atoms with Gasteiger partial charge in [0, 0.05) is 33.7 Å². The number of benzene rings is 1. The molecule has 0 amide bonds. The van der Waals surface area contributed by atoms with Gasteiger partial charge in [0.05, 0.1) is 15.6 Å². The van der Waals surface area contributed by atoms with E-state index in [0.29, 0.717) is 16.0 Å². The molecule has 1 saturated carbocycles. The number of aromatic nitrogens is 1. The average molecular weight is 374 g/mol. The SMILES string of the molecule is CCCNc1cc(C2CC2)nc2c(Cl)c(Cl)c(Br)cc12. The Bertz CT molecular complexity index is 669. The van der Waals surface area contributed by atoms with Gasteiger partial charge in [0.1, 0.15) is 0 Å². The first-order valence-corrected chi connectivity index (χ1v) is 8.38. The second kappa shape index (κ2) is 5.70. The molecule has 1 fully saturated rings. The summed E-state index contributed by atoms with van der Waals surface area (Å²) in [4.78, 5) is 4.73. The van der Waals surface area contributed by atoms with Gasteiger partial charge in [-0.3, -0.25) is 4.98 Å². The third-order valence-corrected chi connectivity index (χ3v) is 5.23. The van der Waals surface area contributed by atoms with Crippen LogP contribution in [0.5, 0.6) is 0 Å². The van der Waals surface area contributed by atoms with Crippen molar-refractivity contribution in [1.29, 1.82) is 0 Å². The second-order valence-electron chi connectivity index (χ2n) is 5.18. The number of pyridine rings is 1. The number of hydrogen-bond donors (Lipinski definition) is 1. The quantitative estimate of drug-likeness (QED) is 0.664. The van der Waals surface area contributed by atoms with Crippen LogP contribution in [0.15, 0.2) is 16.6 Å².